The van der Waals surface area contributed by atoms with Gasteiger partial charge in [0.2, 0.25) is 5.95 Å². The van der Waals surface area contributed by atoms with Crippen LogP contribution >= 0.6 is 0 Å². The van der Waals surface area contributed by atoms with Gasteiger partial charge in [0, 0.05) is 12.4 Å². The smallest absolute Gasteiger partial charge is 0.314 e. The molecule has 0 aliphatic heterocycles. The molecule has 18 heavy (non-hydrogen) atoms. The molecule has 0 radical (unpaired) electrons. The molecule has 2 heterocycles. The Morgan fingerprint density at radius 3 is 2.61 bits per heavy atom. The van der Waals surface area contributed by atoms with Crippen LogP contribution in [0.3, 0.4) is 0 Å². The third kappa shape index (κ3) is 2.57. The highest BCUT2D eigenvalue weighted by atomic mass is 19.3. The first-order chi connectivity index (χ1) is 8.70. The fraction of sp³-hybridized carbons (Fsp3) is 0.200. The van der Waals surface area contributed by atoms with Gasteiger partial charge in [-0.1, -0.05) is 5.92 Å². The zero-order valence-electron chi connectivity index (χ0n) is 8.97. The Morgan fingerprint density at radius 1 is 1.33 bits per heavy atom. The summed E-state index contributed by atoms with van der Waals surface area (Å²) in [5.41, 5.74) is 0.348. The molecule has 0 aliphatic carbocycles. The molecule has 0 aromatic carbocycles. The van der Waals surface area contributed by atoms with Gasteiger partial charge in [-0.05, 0) is 0 Å². The van der Waals surface area contributed by atoms with Gasteiger partial charge in [0.15, 0.2) is 0 Å². The van der Waals surface area contributed by atoms with Crippen molar-refractivity contribution in [2.24, 2.45) is 0 Å². The Kier molecular flexibility index (Phi) is 3.43. The molecule has 0 spiro atoms. The summed E-state index contributed by atoms with van der Waals surface area (Å²) in [6.07, 6.45) is 4.99. The quantitative estimate of drug-likeness (QED) is 0.830. The lowest BCUT2D eigenvalue weighted by molar-refractivity contribution is 0.116. The number of aromatic nitrogens is 4. The number of alkyl halides is 2. The normalized spacial score (nSPS) is 10.3. The van der Waals surface area contributed by atoms with Gasteiger partial charge in [-0.15, -0.1) is 16.6 Å². The predicted octanol–water partition coefficient (Wildman–Crippen LogP) is 1.51. The minimum absolute atomic E-state index is 0.0613. The number of nitrogens with zero attached hydrogens (tertiary/aromatic N) is 4. The molecular formula is C10H7F2N5O. The number of anilines is 1. The van der Waals surface area contributed by atoms with E-state index in [2.05, 4.69) is 31.4 Å². The van der Waals surface area contributed by atoms with Crippen molar-refractivity contribution in [1.29, 1.82) is 0 Å². The maximum Gasteiger partial charge on any atom is 0.314 e. The monoisotopic (exact) mass is 251 g/mol. The van der Waals surface area contributed by atoms with Crippen LogP contribution in [-0.4, -0.2) is 26.7 Å². The van der Waals surface area contributed by atoms with Crippen LogP contribution in [0.1, 0.15) is 12.3 Å². The molecule has 2 aromatic heterocycles. The van der Waals surface area contributed by atoms with Crippen molar-refractivity contribution in [2.45, 2.75) is 6.43 Å². The molecule has 0 saturated heterocycles. The molecule has 8 heteroatoms. The standard InChI is InChI=1S/C10H7F2N5O/c1-2-3-13-10-14-4-6(5-15-10)8-16-17-9(18-8)7(11)12/h1,4-5,7H,3H2,(H,13,14,15). The van der Waals surface area contributed by atoms with Crippen LogP contribution in [0, 0.1) is 12.3 Å². The van der Waals surface area contributed by atoms with E-state index in [-0.39, 0.29) is 12.4 Å². The molecule has 2 rings (SSSR count). The number of hydrogen-bond donors (Lipinski definition) is 1. The van der Waals surface area contributed by atoms with Crippen molar-refractivity contribution >= 4 is 5.95 Å². The zero-order valence-corrected chi connectivity index (χ0v) is 8.97. The summed E-state index contributed by atoms with van der Waals surface area (Å²) in [6.45, 7) is 0.287. The molecule has 2 aromatic rings. The van der Waals surface area contributed by atoms with E-state index in [0.717, 1.165) is 0 Å². The van der Waals surface area contributed by atoms with E-state index in [9.17, 15) is 8.78 Å². The van der Waals surface area contributed by atoms with Crippen molar-refractivity contribution < 1.29 is 13.2 Å². The molecule has 92 valence electrons. The van der Waals surface area contributed by atoms with Crippen molar-refractivity contribution in [2.75, 3.05) is 11.9 Å². The second kappa shape index (κ2) is 5.18. The molecule has 6 nitrogen and oxygen atoms in total. The van der Waals surface area contributed by atoms with E-state index in [0.29, 0.717) is 11.5 Å². The highest BCUT2D eigenvalue weighted by Gasteiger charge is 2.17. The Hall–Kier alpha value is -2.56. The van der Waals surface area contributed by atoms with Gasteiger partial charge in [0.05, 0.1) is 12.1 Å². The lowest BCUT2D eigenvalue weighted by Gasteiger charge is -1.99. The summed E-state index contributed by atoms with van der Waals surface area (Å²) in [7, 11) is 0. The van der Waals surface area contributed by atoms with E-state index < -0.39 is 12.3 Å². The maximum absolute atomic E-state index is 12.2. The van der Waals surface area contributed by atoms with Gasteiger partial charge in [0.25, 0.3) is 11.8 Å². The van der Waals surface area contributed by atoms with Gasteiger partial charge < -0.3 is 9.73 Å². The maximum atomic E-state index is 12.2. The molecule has 0 aliphatic rings. The number of terminal acetylenes is 1. The zero-order chi connectivity index (χ0) is 13.0. The average Bonchev–Trinajstić information content (AvgIpc) is 2.87. The van der Waals surface area contributed by atoms with Crippen molar-refractivity contribution in [3.05, 3.63) is 18.3 Å². The summed E-state index contributed by atoms with van der Waals surface area (Å²) in [5.74, 6) is 1.89. The SMILES string of the molecule is C#CCNc1ncc(-c2nnc(C(F)F)o2)cn1. The van der Waals surface area contributed by atoms with Crippen molar-refractivity contribution in [3.8, 4) is 23.8 Å². The summed E-state index contributed by atoms with van der Waals surface area (Å²) < 4.78 is 29.2. The van der Waals surface area contributed by atoms with Crippen molar-refractivity contribution in [3.63, 3.8) is 0 Å². The first-order valence-electron chi connectivity index (χ1n) is 4.82. The minimum atomic E-state index is -2.80. The first kappa shape index (κ1) is 11.9. The number of halogens is 2. The highest BCUT2D eigenvalue weighted by molar-refractivity contribution is 5.50. The van der Waals surface area contributed by atoms with E-state index in [4.69, 9.17) is 10.8 Å². The first-order valence-corrected chi connectivity index (χ1v) is 4.82. The summed E-state index contributed by atoms with van der Waals surface area (Å²) in [6, 6.07) is 0. The van der Waals surface area contributed by atoms with E-state index in [1.807, 2.05) is 0 Å². The Bertz CT molecular complexity index is 560. The Balaban J connectivity index is 2.15. The molecule has 0 unspecified atom stereocenters. The van der Waals surface area contributed by atoms with Gasteiger partial charge >= 0.3 is 6.43 Å². The van der Waals surface area contributed by atoms with Crippen LogP contribution in [0.25, 0.3) is 11.5 Å². The van der Waals surface area contributed by atoms with E-state index >= 15 is 0 Å². The molecular weight excluding hydrogens is 244 g/mol. The molecule has 0 bridgehead atoms. The second-order valence-corrected chi connectivity index (χ2v) is 3.10. The predicted molar refractivity (Wildman–Crippen MR) is 57.6 cm³/mol. The van der Waals surface area contributed by atoms with Crippen LogP contribution < -0.4 is 5.32 Å². The molecule has 0 atom stereocenters. The molecule has 1 N–H and O–H groups in total. The lowest BCUT2D eigenvalue weighted by atomic mass is 10.3. The number of rotatable bonds is 4. The molecule has 0 fully saturated rings. The van der Waals surface area contributed by atoms with Gasteiger partial charge in [-0.2, -0.15) is 8.78 Å². The summed E-state index contributed by atoms with van der Waals surface area (Å²) in [5, 5.41) is 9.42. The Morgan fingerprint density at radius 2 is 2.06 bits per heavy atom. The summed E-state index contributed by atoms with van der Waals surface area (Å²) >= 11 is 0. The van der Waals surface area contributed by atoms with Crippen LogP contribution in [-0.2, 0) is 0 Å². The minimum Gasteiger partial charge on any atom is -0.415 e. The van der Waals surface area contributed by atoms with Crippen LogP contribution in [0.4, 0.5) is 14.7 Å². The van der Waals surface area contributed by atoms with E-state index in [1.54, 1.807) is 0 Å². The van der Waals surface area contributed by atoms with Crippen LogP contribution in [0.5, 0.6) is 0 Å². The number of nitrogens with one attached hydrogen (secondary N) is 1. The number of hydrogen-bond acceptors (Lipinski definition) is 6. The largest absolute Gasteiger partial charge is 0.415 e. The third-order valence-electron chi connectivity index (χ3n) is 1.87. The lowest BCUT2D eigenvalue weighted by Crippen LogP contribution is -2.02. The highest BCUT2D eigenvalue weighted by Crippen LogP contribution is 2.22. The van der Waals surface area contributed by atoms with Crippen LogP contribution in [0.2, 0.25) is 0 Å². The summed E-state index contributed by atoms with van der Waals surface area (Å²) in [4.78, 5) is 7.83. The van der Waals surface area contributed by atoms with Gasteiger partial charge in [-0.25, -0.2) is 9.97 Å². The fourth-order valence-electron chi connectivity index (χ4n) is 1.10. The topological polar surface area (TPSA) is 76.7 Å². The average molecular weight is 251 g/mol. The van der Waals surface area contributed by atoms with Crippen LogP contribution in [0.15, 0.2) is 16.8 Å². The molecule has 0 amide bonds. The van der Waals surface area contributed by atoms with E-state index in [1.165, 1.54) is 12.4 Å². The third-order valence-corrected chi connectivity index (χ3v) is 1.87. The second-order valence-electron chi connectivity index (χ2n) is 3.10. The molecule has 0 saturated carbocycles. The van der Waals surface area contributed by atoms with Crippen molar-refractivity contribution in [1.82, 2.24) is 20.2 Å². The fourth-order valence-corrected chi connectivity index (χ4v) is 1.10. The van der Waals surface area contributed by atoms with Gasteiger partial charge in [-0.3, -0.25) is 0 Å². The Labute approximate surface area is 100 Å². The van der Waals surface area contributed by atoms with Gasteiger partial charge in [0.1, 0.15) is 0 Å².